The highest BCUT2D eigenvalue weighted by atomic mass is 35.5. The molecule has 2 N–H and O–H groups in total. The number of carbonyl (C=O) groups is 2. The topological polar surface area (TPSA) is 91.2 Å². The Bertz CT molecular complexity index is 525. The standard InChI is InChI=1S/C12H12ClN3O3/c1-19-7-12(18)15-9-3-2-8(13)6-10(9)16-11(17)4-5-14/h2-3,6H,4,7H2,1H3,(H,15,18)(H,16,17). The summed E-state index contributed by atoms with van der Waals surface area (Å²) in [4.78, 5) is 22.8. The van der Waals surface area contributed by atoms with Crippen LogP contribution >= 0.6 is 11.6 Å². The second-order valence-electron chi connectivity index (χ2n) is 3.55. The third-order valence-electron chi connectivity index (χ3n) is 2.04. The maximum absolute atomic E-state index is 11.4. The average Bonchev–Trinajstić information content (AvgIpc) is 2.33. The molecular formula is C12H12ClN3O3. The number of anilines is 2. The SMILES string of the molecule is COCC(=O)Nc1ccc(Cl)cc1NC(=O)CC#N. The Morgan fingerprint density at radius 1 is 1.32 bits per heavy atom. The van der Waals surface area contributed by atoms with Gasteiger partial charge in [0.05, 0.1) is 17.4 Å². The fraction of sp³-hybridized carbons (Fsp3) is 0.250. The fourth-order valence-corrected chi connectivity index (χ4v) is 1.48. The molecule has 7 heteroatoms. The molecule has 0 aliphatic carbocycles. The zero-order valence-electron chi connectivity index (χ0n) is 10.2. The highest BCUT2D eigenvalue weighted by molar-refractivity contribution is 6.31. The quantitative estimate of drug-likeness (QED) is 0.860. The van der Waals surface area contributed by atoms with Gasteiger partial charge in [-0.2, -0.15) is 5.26 Å². The normalized spacial score (nSPS) is 9.53. The Kier molecular flexibility index (Phi) is 5.79. The predicted molar refractivity (Wildman–Crippen MR) is 70.8 cm³/mol. The number of nitriles is 1. The van der Waals surface area contributed by atoms with Crippen molar-refractivity contribution in [3.63, 3.8) is 0 Å². The van der Waals surface area contributed by atoms with Gasteiger partial charge in [-0.1, -0.05) is 11.6 Å². The molecule has 0 fully saturated rings. The molecule has 0 aromatic heterocycles. The molecule has 0 aliphatic heterocycles. The van der Waals surface area contributed by atoms with E-state index in [-0.39, 0.29) is 18.9 Å². The molecule has 100 valence electrons. The Morgan fingerprint density at radius 2 is 2.00 bits per heavy atom. The highest BCUT2D eigenvalue weighted by Gasteiger charge is 2.10. The van der Waals surface area contributed by atoms with E-state index in [2.05, 4.69) is 10.6 Å². The van der Waals surface area contributed by atoms with E-state index in [1.54, 1.807) is 18.2 Å². The third kappa shape index (κ3) is 4.95. The monoisotopic (exact) mass is 281 g/mol. The summed E-state index contributed by atoms with van der Waals surface area (Å²) in [7, 11) is 1.40. The van der Waals surface area contributed by atoms with Gasteiger partial charge in [0, 0.05) is 12.1 Å². The van der Waals surface area contributed by atoms with Gasteiger partial charge in [-0.3, -0.25) is 9.59 Å². The Labute approximate surface area is 115 Å². The number of methoxy groups -OCH3 is 1. The van der Waals surface area contributed by atoms with Gasteiger partial charge in [0.1, 0.15) is 13.0 Å². The lowest BCUT2D eigenvalue weighted by atomic mass is 10.2. The molecule has 0 aliphatic rings. The molecule has 0 saturated carbocycles. The number of halogens is 1. The van der Waals surface area contributed by atoms with Gasteiger partial charge < -0.3 is 15.4 Å². The molecule has 0 heterocycles. The number of nitrogens with zero attached hydrogens (tertiary/aromatic N) is 1. The number of nitrogens with one attached hydrogen (secondary N) is 2. The van der Waals surface area contributed by atoms with Crippen molar-refractivity contribution in [1.82, 2.24) is 0 Å². The summed E-state index contributed by atoms with van der Waals surface area (Å²) >= 11 is 5.82. The van der Waals surface area contributed by atoms with Crippen LogP contribution in [0.4, 0.5) is 11.4 Å². The van der Waals surface area contributed by atoms with Crippen molar-refractivity contribution in [2.24, 2.45) is 0 Å². The lowest BCUT2D eigenvalue weighted by molar-refractivity contribution is -0.119. The van der Waals surface area contributed by atoms with Gasteiger partial charge in [0.25, 0.3) is 0 Å². The molecular weight excluding hydrogens is 270 g/mol. The molecule has 0 spiro atoms. The minimum absolute atomic E-state index is 0.103. The second-order valence-corrected chi connectivity index (χ2v) is 3.99. The van der Waals surface area contributed by atoms with Crippen molar-refractivity contribution in [3.8, 4) is 6.07 Å². The van der Waals surface area contributed by atoms with Crippen LogP contribution in [-0.4, -0.2) is 25.5 Å². The molecule has 1 rings (SSSR count). The summed E-state index contributed by atoms with van der Waals surface area (Å²) in [6.07, 6.45) is -0.280. The second kappa shape index (κ2) is 7.36. The van der Waals surface area contributed by atoms with Gasteiger partial charge in [0.15, 0.2) is 0 Å². The minimum Gasteiger partial charge on any atom is -0.375 e. The minimum atomic E-state index is -0.480. The Morgan fingerprint density at radius 3 is 2.63 bits per heavy atom. The molecule has 1 aromatic carbocycles. The van der Waals surface area contributed by atoms with Crippen LogP contribution in [0.25, 0.3) is 0 Å². The van der Waals surface area contributed by atoms with Crippen molar-refractivity contribution in [2.45, 2.75) is 6.42 Å². The Balaban J connectivity index is 2.88. The van der Waals surface area contributed by atoms with E-state index < -0.39 is 5.91 Å². The van der Waals surface area contributed by atoms with E-state index in [1.165, 1.54) is 13.2 Å². The lowest BCUT2D eigenvalue weighted by Crippen LogP contribution is -2.19. The fourth-order valence-electron chi connectivity index (χ4n) is 1.31. The molecule has 0 atom stereocenters. The van der Waals surface area contributed by atoms with Crippen molar-refractivity contribution in [2.75, 3.05) is 24.4 Å². The van der Waals surface area contributed by atoms with Crippen LogP contribution < -0.4 is 10.6 Å². The molecule has 19 heavy (non-hydrogen) atoms. The van der Waals surface area contributed by atoms with Crippen LogP contribution in [0.1, 0.15) is 6.42 Å². The summed E-state index contributed by atoms with van der Waals surface area (Å²) in [5.74, 6) is -0.840. The van der Waals surface area contributed by atoms with Crippen LogP contribution in [0.3, 0.4) is 0 Å². The first-order valence-electron chi connectivity index (χ1n) is 5.32. The van der Waals surface area contributed by atoms with E-state index in [9.17, 15) is 9.59 Å². The number of ether oxygens (including phenoxy) is 1. The number of rotatable bonds is 5. The third-order valence-corrected chi connectivity index (χ3v) is 2.28. The first-order valence-corrected chi connectivity index (χ1v) is 5.69. The van der Waals surface area contributed by atoms with Gasteiger partial charge in [-0.15, -0.1) is 0 Å². The van der Waals surface area contributed by atoms with Crippen molar-refractivity contribution >= 4 is 34.8 Å². The van der Waals surface area contributed by atoms with E-state index in [0.29, 0.717) is 16.4 Å². The maximum Gasteiger partial charge on any atom is 0.250 e. The molecule has 0 radical (unpaired) electrons. The van der Waals surface area contributed by atoms with Gasteiger partial charge >= 0.3 is 0 Å². The van der Waals surface area contributed by atoms with Crippen LogP contribution in [0.2, 0.25) is 5.02 Å². The molecule has 6 nitrogen and oxygen atoms in total. The highest BCUT2D eigenvalue weighted by Crippen LogP contribution is 2.25. The number of hydrogen-bond donors (Lipinski definition) is 2. The summed E-state index contributed by atoms with van der Waals surface area (Å²) < 4.78 is 4.69. The first kappa shape index (κ1) is 15.0. The first-order chi connectivity index (χ1) is 9.06. The number of amides is 2. The zero-order chi connectivity index (χ0) is 14.3. The molecule has 2 amide bonds. The summed E-state index contributed by atoms with van der Waals surface area (Å²) in [5.41, 5.74) is 0.718. The van der Waals surface area contributed by atoms with Crippen LogP contribution in [0.15, 0.2) is 18.2 Å². The summed E-state index contributed by atoms with van der Waals surface area (Å²) in [6.45, 7) is -0.103. The molecule has 0 unspecified atom stereocenters. The van der Waals surface area contributed by atoms with Crippen LogP contribution in [0, 0.1) is 11.3 Å². The predicted octanol–water partition coefficient (Wildman–Crippen LogP) is 1.78. The largest absolute Gasteiger partial charge is 0.375 e. The van der Waals surface area contributed by atoms with Crippen molar-refractivity contribution in [3.05, 3.63) is 23.2 Å². The van der Waals surface area contributed by atoms with E-state index in [4.69, 9.17) is 21.6 Å². The number of hydrogen-bond acceptors (Lipinski definition) is 4. The van der Waals surface area contributed by atoms with Crippen LogP contribution in [0.5, 0.6) is 0 Å². The lowest BCUT2D eigenvalue weighted by Gasteiger charge is -2.11. The van der Waals surface area contributed by atoms with E-state index >= 15 is 0 Å². The maximum atomic E-state index is 11.4. The molecule has 0 saturated heterocycles. The number of benzene rings is 1. The van der Waals surface area contributed by atoms with Crippen molar-refractivity contribution < 1.29 is 14.3 Å². The number of carbonyl (C=O) groups excluding carboxylic acids is 2. The molecule has 1 aromatic rings. The molecule has 0 bridgehead atoms. The van der Waals surface area contributed by atoms with Crippen LogP contribution in [-0.2, 0) is 14.3 Å². The average molecular weight is 282 g/mol. The van der Waals surface area contributed by atoms with Gasteiger partial charge in [-0.05, 0) is 18.2 Å². The Hall–Kier alpha value is -2.10. The van der Waals surface area contributed by atoms with Gasteiger partial charge in [-0.25, -0.2) is 0 Å². The summed E-state index contributed by atoms with van der Waals surface area (Å²) in [6, 6.07) is 6.34. The summed E-state index contributed by atoms with van der Waals surface area (Å²) in [5, 5.41) is 13.9. The smallest absolute Gasteiger partial charge is 0.250 e. The zero-order valence-corrected chi connectivity index (χ0v) is 11.0. The van der Waals surface area contributed by atoms with Crippen molar-refractivity contribution in [1.29, 1.82) is 5.26 Å². The van der Waals surface area contributed by atoms with Gasteiger partial charge in [0.2, 0.25) is 11.8 Å². The van der Waals surface area contributed by atoms with E-state index in [1.807, 2.05) is 0 Å². The van der Waals surface area contributed by atoms with E-state index in [0.717, 1.165) is 0 Å².